The Labute approximate surface area is 139 Å². The molecular weight excluding hydrogens is 308 g/mol. The van der Waals surface area contributed by atoms with Gasteiger partial charge in [0.15, 0.2) is 0 Å². The van der Waals surface area contributed by atoms with Crippen molar-refractivity contribution in [3.05, 3.63) is 42.1 Å². The zero-order valence-corrected chi connectivity index (χ0v) is 13.6. The van der Waals surface area contributed by atoms with E-state index in [1.807, 2.05) is 22.9 Å². The van der Waals surface area contributed by atoms with Crippen molar-refractivity contribution in [1.29, 1.82) is 0 Å². The molecular formula is C17H20N4O3. The average Bonchev–Trinajstić information content (AvgIpc) is 2.99. The number of hydrogen-bond donors (Lipinski definition) is 1. The van der Waals surface area contributed by atoms with E-state index in [1.54, 1.807) is 25.3 Å². The van der Waals surface area contributed by atoms with Gasteiger partial charge in [0.2, 0.25) is 0 Å². The molecule has 1 aliphatic rings. The third kappa shape index (κ3) is 3.46. The van der Waals surface area contributed by atoms with Gasteiger partial charge in [-0.3, -0.25) is 14.9 Å². The van der Waals surface area contributed by atoms with E-state index in [4.69, 9.17) is 4.74 Å². The van der Waals surface area contributed by atoms with Crippen molar-refractivity contribution < 1.29 is 14.7 Å². The van der Waals surface area contributed by atoms with Gasteiger partial charge in [-0.2, -0.15) is 5.10 Å². The van der Waals surface area contributed by atoms with E-state index in [9.17, 15) is 10.0 Å². The van der Waals surface area contributed by atoms with Crippen LogP contribution in [-0.2, 0) is 11.3 Å². The lowest BCUT2D eigenvalue weighted by atomic mass is 10.1. The zero-order chi connectivity index (χ0) is 16.9. The first kappa shape index (κ1) is 16.2. The molecule has 2 heterocycles. The van der Waals surface area contributed by atoms with Gasteiger partial charge in [-0.15, -0.1) is 0 Å². The molecule has 0 atom stereocenters. The fourth-order valence-corrected chi connectivity index (χ4v) is 2.60. The van der Waals surface area contributed by atoms with E-state index in [0.717, 1.165) is 16.0 Å². The molecule has 0 bridgehead atoms. The van der Waals surface area contributed by atoms with Gasteiger partial charge in [0.25, 0.3) is 0 Å². The van der Waals surface area contributed by atoms with Gasteiger partial charge < -0.3 is 4.74 Å². The minimum Gasteiger partial charge on any atom is -0.462 e. The van der Waals surface area contributed by atoms with Crippen LogP contribution >= 0.6 is 0 Å². The van der Waals surface area contributed by atoms with Gasteiger partial charge >= 0.3 is 5.97 Å². The number of esters is 1. The summed E-state index contributed by atoms with van der Waals surface area (Å²) in [6.07, 6.45) is 6.26. The minimum atomic E-state index is -0.327. The topological polar surface area (TPSA) is 80.0 Å². The lowest BCUT2D eigenvalue weighted by molar-refractivity contribution is -0.00674. The number of carbonyl (C=O) groups is 1. The molecule has 0 spiro atoms. The molecule has 2 aromatic rings. The van der Waals surface area contributed by atoms with Crippen molar-refractivity contribution in [1.82, 2.24) is 14.8 Å². The Kier molecular flexibility index (Phi) is 4.90. The molecule has 0 saturated heterocycles. The standard InChI is InChI=1S/C17H20N4O3/c1-2-24-17(22)13-6-7-15-14(11-13)12-19-20(15)10-8-18-16-5-3-4-9-21(16)23/h3-4,6-7,11-12,23H,2,5,8-10H2,1H3. The second-order valence-corrected chi connectivity index (χ2v) is 5.42. The maximum Gasteiger partial charge on any atom is 0.338 e. The lowest BCUT2D eigenvalue weighted by Crippen LogP contribution is -2.30. The summed E-state index contributed by atoms with van der Waals surface area (Å²) in [7, 11) is 0. The van der Waals surface area contributed by atoms with Crippen molar-refractivity contribution >= 4 is 22.7 Å². The number of aliphatic imine (C=N–C) groups is 1. The maximum absolute atomic E-state index is 11.8. The molecule has 126 valence electrons. The van der Waals surface area contributed by atoms with Gasteiger partial charge in [-0.25, -0.2) is 9.86 Å². The molecule has 1 N–H and O–H groups in total. The molecule has 3 rings (SSSR count). The Balaban J connectivity index is 1.70. The molecule has 1 aliphatic heterocycles. The van der Waals surface area contributed by atoms with Gasteiger partial charge in [-0.05, 0) is 25.1 Å². The van der Waals surface area contributed by atoms with Crippen molar-refractivity contribution in [2.75, 3.05) is 19.7 Å². The van der Waals surface area contributed by atoms with E-state index >= 15 is 0 Å². The molecule has 1 aromatic carbocycles. The number of rotatable bonds is 5. The van der Waals surface area contributed by atoms with Crippen LogP contribution in [0.1, 0.15) is 23.7 Å². The fourth-order valence-electron chi connectivity index (χ4n) is 2.60. The first-order valence-corrected chi connectivity index (χ1v) is 7.96. The monoisotopic (exact) mass is 328 g/mol. The lowest BCUT2D eigenvalue weighted by Gasteiger charge is -2.19. The van der Waals surface area contributed by atoms with Gasteiger partial charge in [0.05, 0.1) is 43.5 Å². The van der Waals surface area contributed by atoms with Gasteiger partial charge in [0, 0.05) is 11.8 Å². The summed E-state index contributed by atoms with van der Waals surface area (Å²) >= 11 is 0. The molecule has 0 fully saturated rings. The van der Waals surface area contributed by atoms with Crippen LogP contribution in [0.15, 0.2) is 41.5 Å². The molecule has 7 nitrogen and oxygen atoms in total. The Morgan fingerprint density at radius 3 is 3.08 bits per heavy atom. The summed E-state index contributed by atoms with van der Waals surface area (Å²) in [5.41, 5.74) is 1.46. The van der Waals surface area contributed by atoms with E-state index in [2.05, 4.69) is 10.1 Å². The molecule has 0 unspecified atom stereocenters. The highest BCUT2D eigenvalue weighted by Crippen LogP contribution is 2.16. The Bertz CT molecular complexity index is 794. The van der Waals surface area contributed by atoms with Crippen LogP contribution in [0.4, 0.5) is 0 Å². The number of hydrogen-bond acceptors (Lipinski definition) is 5. The number of ether oxygens (including phenoxy) is 1. The van der Waals surface area contributed by atoms with Gasteiger partial charge in [0.1, 0.15) is 5.84 Å². The summed E-state index contributed by atoms with van der Waals surface area (Å²) in [6, 6.07) is 5.39. The summed E-state index contributed by atoms with van der Waals surface area (Å²) in [6.45, 7) is 3.74. The predicted octanol–water partition coefficient (Wildman–Crippen LogP) is 2.26. The Morgan fingerprint density at radius 2 is 2.29 bits per heavy atom. The van der Waals surface area contributed by atoms with Crippen molar-refractivity contribution in [2.24, 2.45) is 4.99 Å². The van der Waals surface area contributed by atoms with E-state index in [-0.39, 0.29) is 5.97 Å². The maximum atomic E-state index is 11.8. The number of fused-ring (bicyclic) bond motifs is 1. The highest BCUT2D eigenvalue weighted by Gasteiger charge is 2.11. The molecule has 0 saturated carbocycles. The van der Waals surface area contributed by atoms with E-state index in [1.165, 1.54) is 0 Å². The Hall–Kier alpha value is -2.67. The van der Waals surface area contributed by atoms with E-state index < -0.39 is 0 Å². The normalized spacial score (nSPS) is 16.1. The van der Waals surface area contributed by atoms with Crippen molar-refractivity contribution in [2.45, 2.75) is 19.9 Å². The number of nitrogens with zero attached hydrogens (tertiary/aromatic N) is 4. The van der Waals surface area contributed by atoms with Crippen LogP contribution in [0.25, 0.3) is 10.9 Å². The molecule has 0 radical (unpaired) electrons. The Morgan fingerprint density at radius 1 is 1.42 bits per heavy atom. The average molecular weight is 328 g/mol. The van der Waals surface area contributed by atoms with Crippen LogP contribution < -0.4 is 0 Å². The SMILES string of the molecule is CCOC(=O)c1ccc2c(cnn2CCN=C2CC=CCN2O)c1. The van der Waals surface area contributed by atoms with Crippen LogP contribution in [0.3, 0.4) is 0 Å². The summed E-state index contributed by atoms with van der Waals surface area (Å²) in [4.78, 5) is 16.2. The third-order valence-electron chi connectivity index (χ3n) is 3.80. The fraction of sp³-hybridized carbons (Fsp3) is 0.353. The molecule has 0 amide bonds. The molecule has 7 heteroatoms. The quantitative estimate of drug-likeness (QED) is 0.673. The second kappa shape index (κ2) is 7.27. The third-order valence-corrected chi connectivity index (χ3v) is 3.80. The number of amidine groups is 1. The second-order valence-electron chi connectivity index (χ2n) is 5.42. The molecule has 0 aliphatic carbocycles. The summed E-state index contributed by atoms with van der Waals surface area (Å²) < 4.78 is 6.85. The van der Waals surface area contributed by atoms with Crippen LogP contribution in [-0.4, -0.2) is 51.6 Å². The highest BCUT2D eigenvalue weighted by atomic mass is 16.5. The van der Waals surface area contributed by atoms with Crippen LogP contribution in [0.5, 0.6) is 0 Å². The number of hydroxylamine groups is 2. The highest BCUT2D eigenvalue weighted by molar-refractivity contribution is 5.94. The number of benzene rings is 1. The molecule has 24 heavy (non-hydrogen) atoms. The summed E-state index contributed by atoms with van der Waals surface area (Å²) in [5.74, 6) is 0.338. The van der Waals surface area contributed by atoms with Crippen LogP contribution in [0.2, 0.25) is 0 Å². The first-order valence-electron chi connectivity index (χ1n) is 7.96. The van der Waals surface area contributed by atoms with Crippen LogP contribution in [0, 0.1) is 0 Å². The number of carbonyl (C=O) groups excluding carboxylic acids is 1. The molecule has 1 aromatic heterocycles. The minimum absolute atomic E-state index is 0.327. The van der Waals surface area contributed by atoms with E-state index in [0.29, 0.717) is 44.1 Å². The summed E-state index contributed by atoms with van der Waals surface area (Å²) in [5, 5.41) is 16.1. The number of aromatic nitrogens is 2. The first-order chi connectivity index (χ1) is 11.7. The zero-order valence-electron chi connectivity index (χ0n) is 13.6. The van der Waals surface area contributed by atoms with Crippen molar-refractivity contribution in [3.8, 4) is 0 Å². The van der Waals surface area contributed by atoms with Crippen molar-refractivity contribution in [3.63, 3.8) is 0 Å². The largest absolute Gasteiger partial charge is 0.462 e. The predicted molar refractivity (Wildman–Crippen MR) is 90.2 cm³/mol. The van der Waals surface area contributed by atoms with Gasteiger partial charge in [-0.1, -0.05) is 12.2 Å². The smallest absolute Gasteiger partial charge is 0.338 e.